The van der Waals surface area contributed by atoms with Crippen molar-refractivity contribution in [3.63, 3.8) is 0 Å². The molecule has 5 aromatic rings. The minimum atomic E-state index is -1.10. The van der Waals surface area contributed by atoms with E-state index in [4.69, 9.17) is 16.7 Å². The van der Waals surface area contributed by atoms with E-state index in [-0.39, 0.29) is 6.42 Å². The highest BCUT2D eigenvalue weighted by Crippen LogP contribution is 2.30. The molecule has 41 heavy (non-hydrogen) atoms. The molecule has 1 amide bonds. The SMILES string of the molecule is O=C(/C=C\c1cn(-c2cccc(Cl)c2)nc1-c1ccc2c(c1)CCCC2)NC(Cc1c[nH]c2ccccc12)C(=O)O. The fourth-order valence-corrected chi connectivity index (χ4v) is 5.66. The molecule has 8 heteroatoms. The number of carbonyl (C=O) groups excluding carboxylic acids is 1. The maximum absolute atomic E-state index is 13.0. The van der Waals surface area contributed by atoms with Crippen LogP contribution in [-0.4, -0.2) is 37.8 Å². The average molecular weight is 565 g/mol. The predicted octanol–water partition coefficient (Wildman–Crippen LogP) is 6.38. The van der Waals surface area contributed by atoms with Crippen LogP contribution in [0.2, 0.25) is 5.02 Å². The first-order valence-corrected chi connectivity index (χ1v) is 14.1. The highest BCUT2D eigenvalue weighted by molar-refractivity contribution is 6.30. The van der Waals surface area contributed by atoms with Crippen molar-refractivity contribution < 1.29 is 14.7 Å². The molecule has 0 spiro atoms. The molecule has 0 saturated carbocycles. The molecule has 1 unspecified atom stereocenters. The summed E-state index contributed by atoms with van der Waals surface area (Å²) in [6.45, 7) is 0. The maximum atomic E-state index is 13.0. The molecular weight excluding hydrogens is 536 g/mol. The Hall–Kier alpha value is -4.62. The van der Waals surface area contributed by atoms with Crippen LogP contribution in [0.3, 0.4) is 0 Å². The number of carboxylic acid groups (broad SMARTS) is 1. The van der Waals surface area contributed by atoms with Crippen LogP contribution in [0.5, 0.6) is 0 Å². The molecule has 0 radical (unpaired) electrons. The normalized spacial score (nSPS) is 13.8. The van der Waals surface area contributed by atoms with E-state index in [2.05, 4.69) is 28.5 Å². The molecule has 1 aliphatic carbocycles. The lowest BCUT2D eigenvalue weighted by Crippen LogP contribution is -2.41. The van der Waals surface area contributed by atoms with Crippen LogP contribution in [0.4, 0.5) is 0 Å². The van der Waals surface area contributed by atoms with E-state index >= 15 is 0 Å². The monoisotopic (exact) mass is 564 g/mol. The molecular formula is C33H29ClN4O3. The molecule has 3 N–H and O–H groups in total. The van der Waals surface area contributed by atoms with Gasteiger partial charge >= 0.3 is 5.97 Å². The largest absolute Gasteiger partial charge is 0.480 e. The number of halogens is 1. The minimum Gasteiger partial charge on any atom is -0.480 e. The smallest absolute Gasteiger partial charge is 0.326 e. The fourth-order valence-electron chi connectivity index (χ4n) is 5.47. The average Bonchev–Trinajstić information content (AvgIpc) is 3.60. The zero-order chi connectivity index (χ0) is 28.3. The lowest BCUT2D eigenvalue weighted by molar-refractivity contribution is -0.141. The Kier molecular flexibility index (Phi) is 7.44. The summed E-state index contributed by atoms with van der Waals surface area (Å²) in [6, 6.07) is 20.4. The van der Waals surface area contributed by atoms with Gasteiger partial charge in [0, 0.05) is 51.9 Å². The van der Waals surface area contributed by atoms with Crippen molar-refractivity contribution in [2.45, 2.75) is 38.1 Å². The van der Waals surface area contributed by atoms with Crippen molar-refractivity contribution in [1.29, 1.82) is 0 Å². The van der Waals surface area contributed by atoms with Crippen LogP contribution in [0, 0.1) is 0 Å². The van der Waals surface area contributed by atoms with Gasteiger partial charge in [0.25, 0.3) is 0 Å². The number of H-pyrrole nitrogens is 1. The van der Waals surface area contributed by atoms with E-state index in [1.807, 2.05) is 48.7 Å². The summed E-state index contributed by atoms with van der Waals surface area (Å²) >= 11 is 6.24. The Balaban J connectivity index is 1.28. The molecule has 206 valence electrons. The standard InChI is InChI=1S/C33H29ClN4O3/c34-26-8-5-9-27(18-26)38-20-24(32(37-38)23-13-12-21-6-1-2-7-22(21)16-23)14-15-31(39)36-30(33(40)41)17-25-19-35-29-11-4-3-10-28(25)29/h3-5,8-16,18-20,30,35H,1-2,6-7,17H2,(H,36,39)(H,40,41)/b15-14-. The van der Waals surface area contributed by atoms with Gasteiger partial charge in [0.05, 0.1) is 11.4 Å². The predicted molar refractivity (Wildman–Crippen MR) is 161 cm³/mol. The number of nitrogens with zero attached hydrogens (tertiary/aromatic N) is 2. The minimum absolute atomic E-state index is 0.159. The van der Waals surface area contributed by atoms with Crippen molar-refractivity contribution in [3.8, 4) is 16.9 Å². The van der Waals surface area contributed by atoms with Gasteiger partial charge in [-0.3, -0.25) is 4.79 Å². The second-order valence-electron chi connectivity index (χ2n) is 10.3. The maximum Gasteiger partial charge on any atom is 0.326 e. The molecule has 0 aliphatic heterocycles. The lowest BCUT2D eigenvalue weighted by Gasteiger charge is -2.16. The number of aromatic amines is 1. The number of carbonyl (C=O) groups is 2. The van der Waals surface area contributed by atoms with E-state index in [9.17, 15) is 14.7 Å². The third kappa shape index (κ3) is 5.81. The first-order valence-electron chi connectivity index (χ1n) is 13.7. The van der Waals surface area contributed by atoms with Crippen molar-refractivity contribution in [1.82, 2.24) is 20.1 Å². The van der Waals surface area contributed by atoms with Crippen molar-refractivity contribution in [2.75, 3.05) is 0 Å². The van der Waals surface area contributed by atoms with Crippen molar-refractivity contribution in [3.05, 3.63) is 112 Å². The Morgan fingerprint density at radius 2 is 1.88 bits per heavy atom. The zero-order valence-electron chi connectivity index (χ0n) is 22.3. The number of benzene rings is 3. The summed E-state index contributed by atoms with van der Waals surface area (Å²) in [6.07, 6.45) is 11.4. The number of amides is 1. The quantitative estimate of drug-likeness (QED) is 0.190. The molecule has 0 fully saturated rings. The highest BCUT2D eigenvalue weighted by Gasteiger charge is 2.21. The number of rotatable bonds is 8. The Bertz CT molecular complexity index is 1780. The molecule has 2 heterocycles. The van der Waals surface area contributed by atoms with Crippen molar-refractivity contribution >= 4 is 40.5 Å². The second-order valence-corrected chi connectivity index (χ2v) is 10.8. The molecule has 2 aromatic heterocycles. The Morgan fingerprint density at radius 1 is 1.05 bits per heavy atom. The number of carboxylic acids is 1. The van der Waals surface area contributed by atoms with Gasteiger partial charge in [-0.05, 0) is 78.8 Å². The zero-order valence-corrected chi connectivity index (χ0v) is 23.1. The number of aromatic nitrogens is 3. The summed E-state index contributed by atoms with van der Waals surface area (Å²) in [5, 5.41) is 18.9. The molecule has 0 bridgehead atoms. The number of para-hydroxylation sites is 1. The summed E-state index contributed by atoms with van der Waals surface area (Å²) < 4.78 is 1.75. The van der Waals surface area contributed by atoms with Gasteiger partial charge in [0.2, 0.25) is 5.91 Å². The van der Waals surface area contributed by atoms with Crippen LogP contribution in [0.15, 0.2) is 85.2 Å². The van der Waals surface area contributed by atoms with Crippen LogP contribution in [-0.2, 0) is 28.9 Å². The van der Waals surface area contributed by atoms with Crippen LogP contribution in [0.1, 0.15) is 35.1 Å². The Labute approximate surface area is 242 Å². The third-order valence-corrected chi connectivity index (χ3v) is 7.80. The van der Waals surface area contributed by atoms with Gasteiger partial charge in [0.15, 0.2) is 0 Å². The van der Waals surface area contributed by atoms with Crippen LogP contribution in [0.25, 0.3) is 33.9 Å². The van der Waals surface area contributed by atoms with E-state index in [1.165, 1.54) is 30.0 Å². The number of nitrogens with one attached hydrogen (secondary N) is 2. The summed E-state index contributed by atoms with van der Waals surface area (Å²) in [5.41, 5.74) is 7.69. The second kappa shape index (κ2) is 11.5. The van der Waals surface area contributed by atoms with E-state index in [0.717, 1.165) is 51.8 Å². The summed E-state index contributed by atoms with van der Waals surface area (Å²) in [4.78, 5) is 28.2. The van der Waals surface area contributed by atoms with Gasteiger partial charge in [0.1, 0.15) is 6.04 Å². The van der Waals surface area contributed by atoms with Gasteiger partial charge in [-0.15, -0.1) is 0 Å². The number of aryl methyl sites for hydroxylation is 2. The summed E-state index contributed by atoms with van der Waals surface area (Å²) in [5.74, 6) is -1.59. The van der Waals surface area contributed by atoms with E-state index < -0.39 is 17.9 Å². The first-order chi connectivity index (χ1) is 19.9. The Morgan fingerprint density at radius 3 is 2.71 bits per heavy atom. The van der Waals surface area contributed by atoms with Gasteiger partial charge < -0.3 is 15.4 Å². The molecule has 1 aliphatic rings. The molecule has 7 nitrogen and oxygen atoms in total. The molecule has 6 rings (SSSR count). The molecule has 3 aromatic carbocycles. The number of hydrogen-bond acceptors (Lipinski definition) is 3. The molecule has 1 atom stereocenters. The third-order valence-electron chi connectivity index (χ3n) is 7.57. The van der Waals surface area contributed by atoms with E-state index in [1.54, 1.807) is 23.0 Å². The van der Waals surface area contributed by atoms with Gasteiger partial charge in [-0.2, -0.15) is 5.10 Å². The van der Waals surface area contributed by atoms with Crippen LogP contribution >= 0.6 is 11.6 Å². The number of aliphatic carboxylic acids is 1. The molecule has 0 saturated heterocycles. The number of hydrogen-bond donors (Lipinski definition) is 3. The highest BCUT2D eigenvalue weighted by atomic mass is 35.5. The van der Waals surface area contributed by atoms with E-state index in [0.29, 0.717) is 5.02 Å². The first kappa shape index (κ1) is 26.6. The fraction of sp³-hybridized carbons (Fsp3) is 0.182. The lowest BCUT2D eigenvalue weighted by atomic mass is 9.89. The van der Waals surface area contributed by atoms with Crippen LogP contribution < -0.4 is 5.32 Å². The van der Waals surface area contributed by atoms with Gasteiger partial charge in [-0.25, -0.2) is 9.48 Å². The number of fused-ring (bicyclic) bond motifs is 2. The van der Waals surface area contributed by atoms with Gasteiger partial charge in [-0.1, -0.05) is 48.0 Å². The summed E-state index contributed by atoms with van der Waals surface area (Å²) in [7, 11) is 0. The topological polar surface area (TPSA) is 100 Å². The van der Waals surface area contributed by atoms with Crippen molar-refractivity contribution in [2.24, 2.45) is 0 Å².